The predicted octanol–water partition coefficient (Wildman–Crippen LogP) is 6.47. The highest BCUT2D eigenvalue weighted by molar-refractivity contribution is 6.30. The zero-order valence-electron chi connectivity index (χ0n) is 20.2. The highest BCUT2D eigenvalue weighted by atomic mass is 35.5. The third kappa shape index (κ3) is 5.71. The summed E-state index contributed by atoms with van der Waals surface area (Å²) in [6.45, 7) is 0. The Morgan fingerprint density at radius 3 is 2.35 bits per heavy atom. The number of amides is 1. The van der Waals surface area contributed by atoms with Crippen LogP contribution < -0.4 is 15.2 Å². The topological polar surface area (TPSA) is 66.3 Å². The molecule has 1 heterocycles. The van der Waals surface area contributed by atoms with Crippen molar-refractivity contribution in [3.8, 4) is 5.75 Å². The van der Waals surface area contributed by atoms with Crippen LogP contribution in [0.1, 0.15) is 39.5 Å². The fraction of sp³-hybridized carbons (Fsp3) is 0.100. The number of methoxy groups -OCH3 is 1. The average molecular weight is 509 g/mol. The van der Waals surface area contributed by atoms with Gasteiger partial charge in [-0.2, -0.15) is 10.2 Å². The van der Waals surface area contributed by atoms with Gasteiger partial charge < -0.3 is 4.74 Å². The summed E-state index contributed by atoms with van der Waals surface area (Å²) in [5.41, 5.74) is 8.11. The Morgan fingerprint density at radius 2 is 1.68 bits per heavy atom. The maximum Gasteiger partial charge on any atom is 0.271 e. The molecule has 5 rings (SSSR count). The van der Waals surface area contributed by atoms with E-state index in [9.17, 15) is 4.79 Å². The summed E-state index contributed by atoms with van der Waals surface area (Å²) in [5, 5.41) is 11.8. The summed E-state index contributed by atoms with van der Waals surface area (Å²) in [7, 11) is 1.66. The number of rotatable bonds is 7. The number of nitrogens with zero attached hydrogens (tertiary/aromatic N) is 3. The highest BCUT2D eigenvalue weighted by Gasteiger charge is 2.30. The van der Waals surface area contributed by atoms with Crippen molar-refractivity contribution in [2.75, 3.05) is 12.1 Å². The summed E-state index contributed by atoms with van der Waals surface area (Å²) in [6.07, 6.45) is 2.38. The Balaban J connectivity index is 1.36. The summed E-state index contributed by atoms with van der Waals surface area (Å²) in [6, 6.07) is 32.8. The lowest BCUT2D eigenvalue weighted by Gasteiger charge is -2.24. The van der Waals surface area contributed by atoms with E-state index in [1.54, 1.807) is 25.5 Å². The Kier molecular flexibility index (Phi) is 7.28. The van der Waals surface area contributed by atoms with E-state index >= 15 is 0 Å². The Morgan fingerprint density at radius 1 is 0.973 bits per heavy atom. The molecule has 184 valence electrons. The SMILES string of the molecule is COc1ccc(C2CC(c3ccc(Cl)cc3)=NN2c2ccc(/C=N/NC(=O)c3ccccc3)cc2)cc1. The molecule has 0 saturated heterocycles. The molecule has 0 aromatic heterocycles. The van der Waals surface area contributed by atoms with Crippen molar-refractivity contribution in [2.45, 2.75) is 12.5 Å². The van der Waals surface area contributed by atoms with Crippen molar-refractivity contribution >= 4 is 35.1 Å². The van der Waals surface area contributed by atoms with E-state index in [-0.39, 0.29) is 11.9 Å². The minimum atomic E-state index is -0.253. The monoisotopic (exact) mass is 508 g/mol. The fourth-order valence-corrected chi connectivity index (χ4v) is 4.31. The van der Waals surface area contributed by atoms with E-state index < -0.39 is 0 Å². The summed E-state index contributed by atoms with van der Waals surface area (Å²) >= 11 is 6.10. The van der Waals surface area contributed by atoms with Gasteiger partial charge >= 0.3 is 0 Å². The van der Waals surface area contributed by atoms with E-state index in [1.165, 1.54) is 0 Å². The molecule has 1 aliphatic rings. The summed E-state index contributed by atoms with van der Waals surface area (Å²) in [5.74, 6) is 0.562. The smallest absolute Gasteiger partial charge is 0.271 e. The number of carbonyl (C=O) groups is 1. The molecule has 0 saturated carbocycles. The number of anilines is 1. The summed E-state index contributed by atoms with van der Waals surface area (Å²) in [4.78, 5) is 12.2. The molecule has 0 bridgehead atoms. The molecule has 37 heavy (non-hydrogen) atoms. The van der Waals surface area contributed by atoms with Crippen LogP contribution in [0.5, 0.6) is 5.75 Å². The Hall–Kier alpha value is -4.42. The molecule has 0 spiro atoms. The second-order valence-corrected chi connectivity index (χ2v) is 8.98. The number of hydrogen-bond acceptors (Lipinski definition) is 5. The standard InChI is InChI=1S/C30H25ClN4O2/c1-37-27-17-11-23(12-18-27)29-19-28(22-9-13-25(31)14-10-22)34-35(29)26-15-7-21(8-16-26)20-32-33-30(36)24-5-3-2-4-6-24/h2-18,20,29H,19H2,1H3,(H,33,36)/b32-20+. The molecule has 7 heteroatoms. The fourth-order valence-electron chi connectivity index (χ4n) is 4.18. The number of carbonyl (C=O) groups excluding carboxylic acids is 1. The number of hydrogen-bond donors (Lipinski definition) is 1. The molecule has 0 fully saturated rings. The lowest BCUT2D eigenvalue weighted by Crippen LogP contribution is -2.18. The average Bonchev–Trinajstić information content (AvgIpc) is 3.40. The Bertz CT molecular complexity index is 1420. The van der Waals surface area contributed by atoms with E-state index in [1.807, 2.05) is 83.9 Å². The zero-order valence-corrected chi connectivity index (χ0v) is 21.0. The van der Waals surface area contributed by atoms with Gasteiger partial charge in [-0.15, -0.1) is 0 Å². The maximum absolute atomic E-state index is 12.2. The van der Waals surface area contributed by atoms with Crippen LogP contribution in [0.4, 0.5) is 5.69 Å². The van der Waals surface area contributed by atoms with Gasteiger partial charge in [-0.25, -0.2) is 5.43 Å². The van der Waals surface area contributed by atoms with Crippen LogP contribution in [-0.4, -0.2) is 24.9 Å². The van der Waals surface area contributed by atoms with Crippen LogP contribution >= 0.6 is 11.6 Å². The van der Waals surface area contributed by atoms with Crippen molar-refractivity contribution in [2.24, 2.45) is 10.2 Å². The molecule has 1 atom stereocenters. The molecule has 1 N–H and O–H groups in total. The lowest BCUT2D eigenvalue weighted by atomic mass is 9.98. The lowest BCUT2D eigenvalue weighted by molar-refractivity contribution is 0.0955. The Labute approximate surface area is 220 Å². The van der Waals surface area contributed by atoms with Crippen LogP contribution in [0.3, 0.4) is 0 Å². The van der Waals surface area contributed by atoms with Crippen molar-refractivity contribution in [3.05, 3.63) is 130 Å². The number of ether oxygens (including phenoxy) is 1. The maximum atomic E-state index is 12.2. The normalized spacial score (nSPS) is 15.0. The third-order valence-corrected chi connectivity index (χ3v) is 6.41. The van der Waals surface area contributed by atoms with Crippen LogP contribution in [0, 0.1) is 0 Å². The van der Waals surface area contributed by atoms with Gasteiger partial charge in [0.25, 0.3) is 5.91 Å². The quantitative estimate of drug-likeness (QED) is 0.230. The van der Waals surface area contributed by atoms with Gasteiger partial charge in [-0.1, -0.05) is 66.2 Å². The molecule has 4 aromatic carbocycles. The number of hydrazone groups is 2. The van der Waals surface area contributed by atoms with Crippen molar-refractivity contribution in [1.29, 1.82) is 0 Å². The number of benzene rings is 4. The van der Waals surface area contributed by atoms with E-state index in [2.05, 4.69) is 22.7 Å². The highest BCUT2D eigenvalue weighted by Crippen LogP contribution is 2.37. The summed E-state index contributed by atoms with van der Waals surface area (Å²) < 4.78 is 5.34. The van der Waals surface area contributed by atoms with Crippen molar-refractivity contribution < 1.29 is 9.53 Å². The first-order valence-corrected chi connectivity index (χ1v) is 12.2. The van der Waals surface area contributed by atoms with Gasteiger partial charge in [0.05, 0.1) is 30.8 Å². The molecule has 1 aliphatic heterocycles. The van der Waals surface area contributed by atoms with Gasteiger partial charge in [-0.3, -0.25) is 9.80 Å². The van der Waals surface area contributed by atoms with Crippen molar-refractivity contribution in [3.63, 3.8) is 0 Å². The first-order chi connectivity index (χ1) is 18.1. The molecule has 0 radical (unpaired) electrons. The first kappa shape index (κ1) is 24.3. The molecular formula is C30H25ClN4O2. The van der Waals surface area contributed by atoms with Crippen LogP contribution in [-0.2, 0) is 0 Å². The molecule has 4 aromatic rings. The first-order valence-electron chi connectivity index (χ1n) is 11.9. The third-order valence-electron chi connectivity index (χ3n) is 6.16. The molecular weight excluding hydrogens is 484 g/mol. The van der Waals surface area contributed by atoms with Crippen LogP contribution in [0.2, 0.25) is 5.02 Å². The second-order valence-electron chi connectivity index (χ2n) is 8.55. The van der Waals surface area contributed by atoms with E-state index in [0.717, 1.165) is 40.3 Å². The molecule has 1 amide bonds. The predicted molar refractivity (Wildman–Crippen MR) is 149 cm³/mol. The van der Waals surface area contributed by atoms with Gasteiger partial charge in [0.15, 0.2) is 0 Å². The van der Waals surface area contributed by atoms with E-state index in [4.69, 9.17) is 21.4 Å². The number of nitrogens with one attached hydrogen (secondary N) is 1. The molecule has 6 nitrogen and oxygen atoms in total. The van der Waals surface area contributed by atoms with Gasteiger partial charge in [-0.05, 0) is 65.2 Å². The van der Waals surface area contributed by atoms with E-state index in [0.29, 0.717) is 10.6 Å². The van der Waals surface area contributed by atoms with Crippen LogP contribution in [0.15, 0.2) is 113 Å². The number of halogens is 1. The van der Waals surface area contributed by atoms with Crippen LogP contribution in [0.25, 0.3) is 0 Å². The largest absolute Gasteiger partial charge is 0.497 e. The molecule has 0 aliphatic carbocycles. The van der Waals surface area contributed by atoms with Crippen molar-refractivity contribution in [1.82, 2.24) is 5.43 Å². The minimum absolute atomic E-state index is 0.0289. The zero-order chi connectivity index (χ0) is 25.6. The van der Waals surface area contributed by atoms with Gasteiger partial charge in [0.1, 0.15) is 5.75 Å². The molecule has 1 unspecified atom stereocenters. The van der Waals surface area contributed by atoms with Gasteiger partial charge in [0.2, 0.25) is 0 Å². The minimum Gasteiger partial charge on any atom is -0.497 e. The van der Waals surface area contributed by atoms with Gasteiger partial charge in [0, 0.05) is 17.0 Å². The second kappa shape index (κ2) is 11.1.